The van der Waals surface area contributed by atoms with Crippen molar-refractivity contribution in [1.82, 2.24) is 9.80 Å². The van der Waals surface area contributed by atoms with Crippen molar-refractivity contribution in [2.75, 3.05) is 36.4 Å². The minimum Gasteiger partial charge on any atom is -0.368 e. The van der Waals surface area contributed by atoms with Crippen molar-refractivity contribution < 1.29 is 14.0 Å². The van der Waals surface area contributed by atoms with Gasteiger partial charge in [-0.1, -0.05) is 36.4 Å². The minimum absolute atomic E-state index is 0.112. The molecule has 7 heteroatoms. The van der Waals surface area contributed by atoms with Gasteiger partial charge in [-0.3, -0.25) is 4.79 Å². The fourth-order valence-corrected chi connectivity index (χ4v) is 4.41. The quantitative estimate of drug-likeness (QED) is 0.654. The molecule has 2 heterocycles. The number of fused-ring (bicyclic) bond motifs is 1. The average Bonchev–Trinajstić information content (AvgIpc) is 3.29. The van der Waals surface area contributed by atoms with Gasteiger partial charge in [0.15, 0.2) is 0 Å². The van der Waals surface area contributed by atoms with Crippen molar-refractivity contribution in [3.63, 3.8) is 0 Å². The molecule has 0 aliphatic carbocycles. The third-order valence-electron chi connectivity index (χ3n) is 6.28. The van der Waals surface area contributed by atoms with Crippen molar-refractivity contribution in [1.29, 1.82) is 0 Å². The van der Waals surface area contributed by atoms with Crippen molar-refractivity contribution in [3.8, 4) is 0 Å². The van der Waals surface area contributed by atoms with E-state index < -0.39 is 5.82 Å². The number of benzene rings is 3. The number of hydrogen-bond acceptors (Lipinski definition) is 3. The van der Waals surface area contributed by atoms with Gasteiger partial charge in [-0.2, -0.15) is 0 Å². The third-order valence-corrected chi connectivity index (χ3v) is 6.28. The number of anilines is 2. The first-order valence-electron chi connectivity index (χ1n) is 11.1. The molecule has 1 N–H and O–H groups in total. The summed E-state index contributed by atoms with van der Waals surface area (Å²) in [7, 11) is 0. The predicted molar refractivity (Wildman–Crippen MR) is 126 cm³/mol. The van der Waals surface area contributed by atoms with Gasteiger partial charge >= 0.3 is 6.03 Å². The standard InChI is InChI=1S/C26H25FN4O2/c27-24-8-4-3-7-23(24)25(32)30-15-13-29(14-16-30)22-11-9-21(10-12-22)28-26(33)31-17-19-5-1-2-6-20(19)18-31/h1-12H,13-18H2,(H,28,33). The van der Waals surface area contributed by atoms with Crippen LogP contribution in [0.3, 0.4) is 0 Å². The molecule has 3 aromatic rings. The Labute approximate surface area is 192 Å². The van der Waals surface area contributed by atoms with Gasteiger partial charge < -0.3 is 20.0 Å². The molecule has 0 spiro atoms. The number of nitrogens with one attached hydrogen (secondary N) is 1. The van der Waals surface area contributed by atoms with E-state index in [1.807, 2.05) is 36.4 Å². The van der Waals surface area contributed by atoms with Crippen LogP contribution in [0, 0.1) is 5.82 Å². The number of amides is 3. The second kappa shape index (κ2) is 8.94. The topological polar surface area (TPSA) is 55.9 Å². The van der Waals surface area contributed by atoms with Crippen molar-refractivity contribution in [2.24, 2.45) is 0 Å². The van der Waals surface area contributed by atoms with E-state index in [-0.39, 0.29) is 17.5 Å². The van der Waals surface area contributed by atoms with Gasteiger partial charge in [0, 0.05) is 50.6 Å². The molecule has 5 rings (SSSR count). The van der Waals surface area contributed by atoms with Crippen LogP contribution in [-0.4, -0.2) is 47.9 Å². The van der Waals surface area contributed by atoms with Crippen molar-refractivity contribution in [2.45, 2.75) is 13.1 Å². The Kier molecular flexibility index (Phi) is 5.69. The molecule has 0 atom stereocenters. The zero-order valence-electron chi connectivity index (χ0n) is 18.2. The lowest BCUT2D eigenvalue weighted by atomic mass is 10.1. The maximum atomic E-state index is 13.9. The van der Waals surface area contributed by atoms with Gasteiger partial charge in [0.05, 0.1) is 5.56 Å². The summed E-state index contributed by atoms with van der Waals surface area (Å²) >= 11 is 0. The molecule has 0 radical (unpaired) electrons. The second-order valence-corrected chi connectivity index (χ2v) is 8.36. The van der Waals surface area contributed by atoms with Gasteiger partial charge in [0.25, 0.3) is 5.91 Å². The van der Waals surface area contributed by atoms with E-state index in [1.54, 1.807) is 21.9 Å². The van der Waals surface area contributed by atoms with Crippen LogP contribution in [0.25, 0.3) is 0 Å². The number of rotatable bonds is 3. The average molecular weight is 445 g/mol. The van der Waals surface area contributed by atoms with Gasteiger partial charge in [0.1, 0.15) is 5.82 Å². The van der Waals surface area contributed by atoms with Crippen LogP contribution in [0.2, 0.25) is 0 Å². The Hall–Kier alpha value is -3.87. The van der Waals surface area contributed by atoms with E-state index in [0.717, 1.165) is 11.4 Å². The lowest BCUT2D eigenvalue weighted by molar-refractivity contribution is 0.0742. The zero-order valence-corrected chi connectivity index (χ0v) is 18.2. The van der Waals surface area contributed by atoms with Gasteiger partial charge in [-0.25, -0.2) is 9.18 Å². The molecule has 3 aromatic carbocycles. The van der Waals surface area contributed by atoms with Crippen LogP contribution < -0.4 is 10.2 Å². The number of carbonyl (C=O) groups excluding carboxylic acids is 2. The lowest BCUT2D eigenvalue weighted by Gasteiger charge is -2.36. The number of urea groups is 1. The third kappa shape index (κ3) is 4.39. The maximum Gasteiger partial charge on any atom is 0.322 e. The highest BCUT2D eigenvalue weighted by Crippen LogP contribution is 2.24. The molecule has 1 saturated heterocycles. The summed E-state index contributed by atoms with van der Waals surface area (Å²) in [5.41, 5.74) is 4.27. The van der Waals surface area contributed by atoms with Crippen LogP contribution in [0.4, 0.5) is 20.6 Å². The monoisotopic (exact) mass is 444 g/mol. The maximum absolute atomic E-state index is 13.9. The zero-order chi connectivity index (χ0) is 22.8. The fraction of sp³-hybridized carbons (Fsp3) is 0.231. The highest BCUT2D eigenvalue weighted by atomic mass is 19.1. The molecule has 2 aliphatic rings. The lowest BCUT2D eigenvalue weighted by Crippen LogP contribution is -2.49. The van der Waals surface area contributed by atoms with E-state index in [9.17, 15) is 14.0 Å². The number of carbonyl (C=O) groups is 2. The summed E-state index contributed by atoms with van der Waals surface area (Å²) in [6.45, 7) is 3.63. The van der Waals surface area contributed by atoms with Crippen molar-refractivity contribution >= 4 is 23.3 Å². The van der Waals surface area contributed by atoms with Gasteiger partial charge in [0.2, 0.25) is 0 Å². The van der Waals surface area contributed by atoms with E-state index in [4.69, 9.17) is 0 Å². The molecule has 168 valence electrons. The Morgan fingerprint density at radius 2 is 1.33 bits per heavy atom. The molecule has 33 heavy (non-hydrogen) atoms. The largest absolute Gasteiger partial charge is 0.368 e. The Morgan fingerprint density at radius 1 is 0.727 bits per heavy atom. The number of piperazine rings is 1. The highest BCUT2D eigenvalue weighted by molar-refractivity contribution is 5.94. The normalized spacial score (nSPS) is 15.4. The van der Waals surface area contributed by atoms with Crippen LogP contribution in [0.1, 0.15) is 21.5 Å². The molecule has 3 amide bonds. The summed E-state index contributed by atoms with van der Waals surface area (Å²) in [6, 6.07) is 21.8. The molecule has 1 fully saturated rings. The second-order valence-electron chi connectivity index (χ2n) is 8.36. The first-order valence-corrected chi connectivity index (χ1v) is 11.1. The van der Waals surface area contributed by atoms with E-state index >= 15 is 0 Å². The number of nitrogens with zero attached hydrogens (tertiary/aromatic N) is 3. The first kappa shape index (κ1) is 21.0. The summed E-state index contributed by atoms with van der Waals surface area (Å²) in [4.78, 5) is 30.9. The Bertz CT molecular complexity index is 1150. The molecule has 6 nitrogen and oxygen atoms in total. The molecule has 2 aliphatic heterocycles. The van der Waals surface area contributed by atoms with E-state index in [0.29, 0.717) is 39.3 Å². The first-order chi connectivity index (χ1) is 16.1. The highest BCUT2D eigenvalue weighted by Gasteiger charge is 2.25. The summed E-state index contributed by atoms with van der Waals surface area (Å²) in [5.74, 6) is -0.754. The molecule has 0 saturated carbocycles. The van der Waals surface area contributed by atoms with E-state index in [2.05, 4.69) is 22.3 Å². The van der Waals surface area contributed by atoms with Crippen molar-refractivity contribution in [3.05, 3.63) is 95.3 Å². The SMILES string of the molecule is O=C(Nc1ccc(N2CCN(C(=O)c3ccccc3F)CC2)cc1)N1Cc2ccccc2C1. The summed E-state index contributed by atoms with van der Waals surface area (Å²) in [6.07, 6.45) is 0. The Balaban J connectivity index is 1.15. The Morgan fingerprint density at radius 3 is 1.97 bits per heavy atom. The van der Waals surface area contributed by atoms with E-state index in [1.165, 1.54) is 23.3 Å². The number of halogens is 1. The van der Waals surface area contributed by atoms with Gasteiger partial charge in [-0.15, -0.1) is 0 Å². The van der Waals surface area contributed by atoms with Crippen LogP contribution in [0.5, 0.6) is 0 Å². The molecular formula is C26H25FN4O2. The predicted octanol–water partition coefficient (Wildman–Crippen LogP) is 4.34. The molecule has 0 bridgehead atoms. The smallest absolute Gasteiger partial charge is 0.322 e. The molecule has 0 aromatic heterocycles. The molecular weight excluding hydrogens is 419 g/mol. The molecule has 0 unspecified atom stereocenters. The van der Waals surface area contributed by atoms with Crippen LogP contribution in [-0.2, 0) is 13.1 Å². The minimum atomic E-state index is -0.486. The summed E-state index contributed by atoms with van der Waals surface area (Å²) in [5, 5.41) is 2.97. The van der Waals surface area contributed by atoms with Gasteiger partial charge in [-0.05, 0) is 47.5 Å². The van der Waals surface area contributed by atoms with Crippen LogP contribution >= 0.6 is 0 Å². The summed E-state index contributed by atoms with van der Waals surface area (Å²) < 4.78 is 13.9. The van der Waals surface area contributed by atoms with Crippen LogP contribution in [0.15, 0.2) is 72.8 Å². The number of hydrogen-bond donors (Lipinski definition) is 1. The fourth-order valence-electron chi connectivity index (χ4n) is 4.41.